The van der Waals surface area contributed by atoms with Gasteiger partial charge in [-0.1, -0.05) is 13.0 Å². The summed E-state index contributed by atoms with van der Waals surface area (Å²) in [6, 6.07) is 5.31. The molecule has 2 N–H and O–H groups in total. The summed E-state index contributed by atoms with van der Waals surface area (Å²) in [6.07, 6.45) is 1.62. The maximum absolute atomic E-state index is 11.8. The second kappa shape index (κ2) is 5.46. The van der Waals surface area contributed by atoms with Gasteiger partial charge >= 0.3 is 0 Å². The molecule has 82 valence electrons. The fourth-order valence-electron chi connectivity index (χ4n) is 1.31. The van der Waals surface area contributed by atoms with Crippen LogP contribution in [-0.4, -0.2) is 35.9 Å². The van der Waals surface area contributed by atoms with E-state index in [0.717, 1.165) is 0 Å². The van der Waals surface area contributed by atoms with Crippen molar-refractivity contribution in [3.05, 3.63) is 30.1 Å². The summed E-state index contributed by atoms with van der Waals surface area (Å²) in [4.78, 5) is 17.5. The molecule has 0 saturated carbocycles. The highest BCUT2D eigenvalue weighted by Gasteiger charge is 2.14. The Kier molecular flexibility index (Phi) is 4.24. The van der Waals surface area contributed by atoms with Crippen LogP contribution in [0.1, 0.15) is 17.4 Å². The van der Waals surface area contributed by atoms with Crippen LogP contribution in [0.4, 0.5) is 0 Å². The average molecular weight is 207 g/mol. The monoisotopic (exact) mass is 207 g/mol. The highest BCUT2D eigenvalue weighted by Crippen LogP contribution is 2.02. The molecule has 0 aromatic carbocycles. The molecule has 0 saturated heterocycles. The zero-order chi connectivity index (χ0) is 11.3. The van der Waals surface area contributed by atoms with Crippen LogP contribution in [0, 0.1) is 5.92 Å². The first-order valence-corrected chi connectivity index (χ1v) is 5.01. The van der Waals surface area contributed by atoms with Crippen molar-refractivity contribution in [2.75, 3.05) is 20.1 Å². The van der Waals surface area contributed by atoms with Gasteiger partial charge in [-0.2, -0.15) is 0 Å². The van der Waals surface area contributed by atoms with Crippen LogP contribution < -0.4 is 5.73 Å². The number of pyridine rings is 1. The number of hydrogen-bond donors (Lipinski definition) is 1. The predicted octanol–water partition coefficient (Wildman–Crippen LogP) is 0.748. The minimum absolute atomic E-state index is 0.0594. The van der Waals surface area contributed by atoms with Crippen LogP contribution in [0.3, 0.4) is 0 Å². The highest BCUT2D eigenvalue weighted by atomic mass is 16.2. The topological polar surface area (TPSA) is 59.2 Å². The number of amides is 1. The van der Waals surface area contributed by atoms with Crippen LogP contribution in [-0.2, 0) is 0 Å². The number of nitrogens with two attached hydrogens (primary N) is 1. The zero-order valence-electron chi connectivity index (χ0n) is 9.18. The molecule has 0 aliphatic rings. The van der Waals surface area contributed by atoms with Gasteiger partial charge in [-0.3, -0.25) is 9.78 Å². The minimum Gasteiger partial charge on any atom is -0.340 e. The van der Waals surface area contributed by atoms with E-state index in [-0.39, 0.29) is 5.91 Å². The normalized spacial score (nSPS) is 12.2. The third-order valence-corrected chi connectivity index (χ3v) is 2.22. The first-order valence-electron chi connectivity index (χ1n) is 5.01. The summed E-state index contributed by atoms with van der Waals surface area (Å²) in [5.74, 6) is 0.249. The van der Waals surface area contributed by atoms with Crippen molar-refractivity contribution in [2.24, 2.45) is 11.7 Å². The van der Waals surface area contributed by atoms with Gasteiger partial charge in [-0.15, -0.1) is 0 Å². The summed E-state index contributed by atoms with van der Waals surface area (Å²) in [5.41, 5.74) is 5.98. The summed E-state index contributed by atoms with van der Waals surface area (Å²) in [5, 5.41) is 0. The zero-order valence-corrected chi connectivity index (χ0v) is 9.18. The van der Waals surface area contributed by atoms with Gasteiger partial charge in [0, 0.05) is 19.8 Å². The number of carbonyl (C=O) groups is 1. The molecule has 1 heterocycles. The molecule has 0 aliphatic carbocycles. The fraction of sp³-hybridized carbons (Fsp3) is 0.455. The van der Waals surface area contributed by atoms with Crippen molar-refractivity contribution < 1.29 is 4.79 Å². The molecule has 1 aromatic rings. The van der Waals surface area contributed by atoms with Crippen LogP contribution in [0.15, 0.2) is 24.4 Å². The second-order valence-electron chi connectivity index (χ2n) is 3.74. The van der Waals surface area contributed by atoms with Crippen molar-refractivity contribution in [1.82, 2.24) is 9.88 Å². The Morgan fingerprint density at radius 3 is 2.87 bits per heavy atom. The van der Waals surface area contributed by atoms with Gasteiger partial charge in [0.05, 0.1) is 0 Å². The Labute approximate surface area is 90.1 Å². The number of rotatable bonds is 4. The van der Waals surface area contributed by atoms with E-state index in [9.17, 15) is 4.79 Å². The molecule has 0 bridgehead atoms. The van der Waals surface area contributed by atoms with Crippen LogP contribution in [0.25, 0.3) is 0 Å². The van der Waals surface area contributed by atoms with Gasteiger partial charge in [-0.05, 0) is 24.6 Å². The highest BCUT2D eigenvalue weighted by molar-refractivity contribution is 5.92. The Balaban J connectivity index is 2.61. The van der Waals surface area contributed by atoms with Crippen LogP contribution in [0.2, 0.25) is 0 Å². The second-order valence-corrected chi connectivity index (χ2v) is 3.74. The first-order chi connectivity index (χ1) is 7.15. The largest absolute Gasteiger partial charge is 0.340 e. The average Bonchev–Trinajstić information content (AvgIpc) is 2.29. The van der Waals surface area contributed by atoms with Crippen molar-refractivity contribution >= 4 is 5.91 Å². The number of carbonyl (C=O) groups excluding carboxylic acids is 1. The van der Waals surface area contributed by atoms with E-state index in [0.29, 0.717) is 24.7 Å². The summed E-state index contributed by atoms with van der Waals surface area (Å²) in [6.45, 7) is 3.26. The van der Waals surface area contributed by atoms with E-state index in [2.05, 4.69) is 4.98 Å². The molecular formula is C11H17N3O. The third-order valence-electron chi connectivity index (χ3n) is 2.22. The smallest absolute Gasteiger partial charge is 0.272 e. The van der Waals surface area contributed by atoms with E-state index in [4.69, 9.17) is 5.73 Å². The fourth-order valence-corrected chi connectivity index (χ4v) is 1.31. The van der Waals surface area contributed by atoms with Crippen molar-refractivity contribution in [3.8, 4) is 0 Å². The standard InChI is InChI=1S/C11H17N3O/c1-9(7-12)8-14(2)11(15)10-5-3-4-6-13-10/h3-6,9H,7-8,12H2,1-2H3. The minimum atomic E-state index is -0.0594. The number of hydrogen-bond acceptors (Lipinski definition) is 3. The molecule has 0 aliphatic heterocycles. The van der Waals surface area contributed by atoms with Gasteiger partial charge < -0.3 is 10.6 Å². The molecule has 1 aromatic heterocycles. The lowest BCUT2D eigenvalue weighted by atomic mass is 10.1. The molecule has 4 heteroatoms. The molecule has 15 heavy (non-hydrogen) atoms. The van der Waals surface area contributed by atoms with E-state index in [1.165, 1.54) is 0 Å². The molecule has 1 rings (SSSR count). The van der Waals surface area contributed by atoms with E-state index in [1.54, 1.807) is 36.3 Å². The Morgan fingerprint density at radius 2 is 2.33 bits per heavy atom. The Morgan fingerprint density at radius 1 is 1.60 bits per heavy atom. The molecule has 0 spiro atoms. The maximum Gasteiger partial charge on any atom is 0.272 e. The molecule has 4 nitrogen and oxygen atoms in total. The Hall–Kier alpha value is -1.42. The maximum atomic E-state index is 11.8. The molecule has 1 amide bonds. The van der Waals surface area contributed by atoms with Crippen molar-refractivity contribution in [2.45, 2.75) is 6.92 Å². The predicted molar refractivity (Wildman–Crippen MR) is 59.4 cm³/mol. The first kappa shape index (κ1) is 11.7. The van der Waals surface area contributed by atoms with Gasteiger partial charge in [-0.25, -0.2) is 0 Å². The Bertz CT molecular complexity index is 313. The van der Waals surface area contributed by atoms with Gasteiger partial charge in [0.2, 0.25) is 0 Å². The summed E-state index contributed by atoms with van der Waals surface area (Å²) < 4.78 is 0. The summed E-state index contributed by atoms with van der Waals surface area (Å²) >= 11 is 0. The van der Waals surface area contributed by atoms with E-state index >= 15 is 0 Å². The van der Waals surface area contributed by atoms with Gasteiger partial charge in [0.1, 0.15) is 5.69 Å². The lowest BCUT2D eigenvalue weighted by Gasteiger charge is -2.20. The van der Waals surface area contributed by atoms with Crippen LogP contribution >= 0.6 is 0 Å². The number of aromatic nitrogens is 1. The lowest BCUT2D eigenvalue weighted by Crippen LogP contribution is -2.33. The van der Waals surface area contributed by atoms with Gasteiger partial charge in [0.15, 0.2) is 0 Å². The summed E-state index contributed by atoms with van der Waals surface area (Å²) in [7, 11) is 1.77. The lowest BCUT2D eigenvalue weighted by molar-refractivity contribution is 0.0771. The quantitative estimate of drug-likeness (QED) is 0.792. The van der Waals surface area contributed by atoms with Gasteiger partial charge in [0.25, 0.3) is 5.91 Å². The van der Waals surface area contributed by atoms with Crippen LogP contribution in [0.5, 0.6) is 0 Å². The van der Waals surface area contributed by atoms with E-state index < -0.39 is 0 Å². The van der Waals surface area contributed by atoms with E-state index in [1.807, 2.05) is 6.92 Å². The number of nitrogens with zero attached hydrogens (tertiary/aromatic N) is 2. The van der Waals surface area contributed by atoms with Crippen molar-refractivity contribution in [1.29, 1.82) is 0 Å². The molecular weight excluding hydrogens is 190 g/mol. The molecule has 0 fully saturated rings. The molecule has 1 unspecified atom stereocenters. The SMILES string of the molecule is CC(CN)CN(C)C(=O)c1ccccn1. The van der Waals surface area contributed by atoms with Crippen molar-refractivity contribution in [3.63, 3.8) is 0 Å². The molecule has 1 atom stereocenters. The third kappa shape index (κ3) is 3.32. The molecule has 0 radical (unpaired) electrons.